The van der Waals surface area contributed by atoms with Crippen molar-refractivity contribution < 1.29 is 9.53 Å². The number of hydrogen-bond donors (Lipinski definition) is 3. The molecule has 5 N–H and O–H groups in total. The molecule has 0 radical (unpaired) electrons. The number of benzene rings is 1. The lowest BCUT2D eigenvalue weighted by Crippen LogP contribution is -2.58. The zero-order chi connectivity index (χ0) is 14.9. The Morgan fingerprint density at radius 3 is 2.75 bits per heavy atom. The lowest BCUT2D eigenvalue weighted by Gasteiger charge is -2.52. The smallest absolute Gasteiger partial charge is 0.250 e. The molecule has 1 saturated carbocycles. The van der Waals surface area contributed by atoms with E-state index in [1.54, 1.807) is 12.1 Å². The standard InChI is InChI=1S/C15H23N3O2/c1-4-20-13-8-12(15(13,2)3)18-9-5-6-11(16)10(7-9)14(17)19/h5-7,12-13,18H,4,8,16H2,1-3H3,(H2,17,19). The minimum Gasteiger partial charge on any atom is -0.398 e. The van der Waals surface area contributed by atoms with Gasteiger partial charge >= 0.3 is 0 Å². The van der Waals surface area contributed by atoms with E-state index in [0.29, 0.717) is 17.3 Å². The van der Waals surface area contributed by atoms with Crippen LogP contribution in [0.1, 0.15) is 37.6 Å². The summed E-state index contributed by atoms with van der Waals surface area (Å²) in [5.41, 5.74) is 12.7. The van der Waals surface area contributed by atoms with Gasteiger partial charge in [-0.3, -0.25) is 4.79 Å². The second kappa shape index (κ2) is 5.32. The topological polar surface area (TPSA) is 90.4 Å². The number of anilines is 2. The normalized spacial score (nSPS) is 23.9. The number of nitrogens with two attached hydrogens (primary N) is 2. The summed E-state index contributed by atoms with van der Waals surface area (Å²) in [6.07, 6.45) is 1.23. The second-order valence-electron chi connectivity index (χ2n) is 5.86. The number of nitrogen functional groups attached to an aromatic ring is 1. The van der Waals surface area contributed by atoms with Gasteiger partial charge in [-0.05, 0) is 31.5 Å². The first-order valence-corrected chi connectivity index (χ1v) is 6.93. The van der Waals surface area contributed by atoms with E-state index in [2.05, 4.69) is 19.2 Å². The third kappa shape index (κ3) is 2.58. The molecule has 0 heterocycles. The monoisotopic (exact) mass is 277 g/mol. The van der Waals surface area contributed by atoms with Crippen LogP contribution in [0.5, 0.6) is 0 Å². The van der Waals surface area contributed by atoms with Crippen LogP contribution in [-0.4, -0.2) is 24.7 Å². The highest BCUT2D eigenvalue weighted by Crippen LogP contribution is 2.44. The van der Waals surface area contributed by atoms with Gasteiger partial charge in [-0.2, -0.15) is 0 Å². The van der Waals surface area contributed by atoms with Crippen molar-refractivity contribution in [2.24, 2.45) is 11.1 Å². The summed E-state index contributed by atoms with van der Waals surface area (Å²) >= 11 is 0. The highest BCUT2D eigenvalue weighted by atomic mass is 16.5. The first-order chi connectivity index (χ1) is 9.36. The van der Waals surface area contributed by atoms with E-state index in [-0.39, 0.29) is 11.5 Å². The van der Waals surface area contributed by atoms with E-state index in [1.807, 2.05) is 13.0 Å². The van der Waals surface area contributed by atoms with Crippen LogP contribution in [0, 0.1) is 5.41 Å². The molecule has 2 unspecified atom stereocenters. The summed E-state index contributed by atoms with van der Waals surface area (Å²) in [5.74, 6) is -0.508. The van der Waals surface area contributed by atoms with Crippen LogP contribution in [0.15, 0.2) is 18.2 Å². The fourth-order valence-corrected chi connectivity index (χ4v) is 2.68. The molecular weight excluding hydrogens is 254 g/mol. The third-order valence-electron chi connectivity index (χ3n) is 4.21. The first kappa shape index (κ1) is 14.7. The Labute approximate surface area is 119 Å². The average Bonchev–Trinajstić information content (AvgIpc) is 2.39. The van der Waals surface area contributed by atoms with E-state index in [1.165, 1.54) is 0 Å². The molecule has 1 aliphatic carbocycles. The first-order valence-electron chi connectivity index (χ1n) is 6.93. The van der Waals surface area contributed by atoms with Crippen molar-refractivity contribution in [1.29, 1.82) is 0 Å². The number of carbonyl (C=O) groups excluding carboxylic acids is 1. The Hall–Kier alpha value is -1.75. The number of hydrogen-bond acceptors (Lipinski definition) is 4. The van der Waals surface area contributed by atoms with Crippen molar-refractivity contribution in [2.75, 3.05) is 17.7 Å². The Morgan fingerprint density at radius 1 is 1.50 bits per heavy atom. The van der Waals surface area contributed by atoms with E-state index in [0.717, 1.165) is 18.7 Å². The molecule has 1 aromatic rings. The maximum atomic E-state index is 11.3. The number of primary amides is 1. The number of ether oxygens (including phenoxy) is 1. The van der Waals surface area contributed by atoms with Gasteiger partial charge in [0, 0.05) is 29.4 Å². The summed E-state index contributed by atoms with van der Waals surface area (Å²) in [5, 5.41) is 3.44. The van der Waals surface area contributed by atoms with Gasteiger partial charge in [0.15, 0.2) is 0 Å². The predicted octanol–water partition coefficient (Wildman–Crippen LogP) is 1.98. The van der Waals surface area contributed by atoms with Gasteiger partial charge < -0.3 is 21.5 Å². The Morgan fingerprint density at radius 2 is 2.20 bits per heavy atom. The zero-order valence-electron chi connectivity index (χ0n) is 12.3. The molecule has 1 aromatic carbocycles. The van der Waals surface area contributed by atoms with Crippen LogP contribution in [0.4, 0.5) is 11.4 Å². The zero-order valence-corrected chi connectivity index (χ0v) is 12.3. The third-order valence-corrected chi connectivity index (χ3v) is 4.21. The minimum atomic E-state index is -0.508. The van der Waals surface area contributed by atoms with Crippen LogP contribution in [-0.2, 0) is 4.74 Å². The molecule has 0 aromatic heterocycles. The summed E-state index contributed by atoms with van der Waals surface area (Å²) < 4.78 is 5.71. The maximum Gasteiger partial charge on any atom is 0.250 e. The number of carbonyl (C=O) groups is 1. The minimum absolute atomic E-state index is 0.0598. The van der Waals surface area contributed by atoms with Crippen LogP contribution >= 0.6 is 0 Å². The maximum absolute atomic E-state index is 11.3. The van der Waals surface area contributed by atoms with E-state index >= 15 is 0 Å². The molecule has 0 bridgehead atoms. The molecule has 5 heteroatoms. The molecule has 110 valence electrons. The average molecular weight is 277 g/mol. The van der Waals surface area contributed by atoms with Gasteiger partial charge in [0.1, 0.15) is 0 Å². The van der Waals surface area contributed by atoms with Crippen LogP contribution in [0.2, 0.25) is 0 Å². The summed E-state index contributed by atoms with van der Waals surface area (Å²) in [7, 11) is 0. The van der Waals surface area contributed by atoms with Gasteiger partial charge in [0.05, 0.1) is 11.7 Å². The van der Waals surface area contributed by atoms with Gasteiger partial charge in [-0.25, -0.2) is 0 Å². The van der Waals surface area contributed by atoms with Crippen LogP contribution in [0.25, 0.3) is 0 Å². The van der Waals surface area contributed by atoms with Gasteiger partial charge in [0.25, 0.3) is 5.91 Å². The SMILES string of the molecule is CCOC1CC(Nc2ccc(N)c(C(N)=O)c2)C1(C)C. The molecule has 20 heavy (non-hydrogen) atoms. The van der Waals surface area contributed by atoms with Crippen molar-refractivity contribution in [3.63, 3.8) is 0 Å². The number of nitrogens with one attached hydrogen (secondary N) is 1. The molecule has 5 nitrogen and oxygen atoms in total. The molecule has 2 rings (SSSR count). The van der Waals surface area contributed by atoms with E-state index in [9.17, 15) is 4.79 Å². The molecule has 1 aliphatic rings. The molecular formula is C15H23N3O2. The molecule has 0 aliphatic heterocycles. The summed E-state index contributed by atoms with van der Waals surface area (Å²) in [6, 6.07) is 5.59. The second-order valence-corrected chi connectivity index (χ2v) is 5.86. The summed E-state index contributed by atoms with van der Waals surface area (Å²) in [6.45, 7) is 7.10. The fraction of sp³-hybridized carbons (Fsp3) is 0.533. The Bertz CT molecular complexity index is 514. The quantitative estimate of drug-likeness (QED) is 0.718. The fourth-order valence-electron chi connectivity index (χ4n) is 2.68. The lowest BCUT2D eigenvalue weighted by atomic mass is 9.64. The van der Waals surface area contributed by atoms with Crippen molar-refractivity contribution >= 4 is 17.3 Å². The van der Waals surface area contributed by atoms with Crippen molar-refractivity contribution in [3.05, 3.63) is 23.8 Å². The lowest BCUT2D eigenvalue weighted by molar-refractivity contribution is -0.0975. The molecule has 1 fully saturated rings. The number of rotatable bonds is 5. The molecule has 2 atom stereocenters. The van der Waals surface area contributed by atoms with Crippen molar-refractivity contribution in [3.8, 4) is 0 Å². The number of amides is 1. The van der Waals surface area contributed by atoms with Gasteiger partial charge in [-0.15, -0.1) is 0 Å². The van der Waals surface area contributed by atoms with Gasteiger partial charge in [0.2, 0.25) is 0 Å². The summed E-state index contributed by atoms with van der Waals surface area (Å²) in [4.78, 5) is 11.3. The Kier molecular flexibility index (Phi) is 3.90. The van der Waals surface area contributed by atoms with Crippen LogP contribution in [0.3, 0.4) is 0 Å². The highest BCUT2D eigenvalue weighted by molar-refractivity contribution is 5.98. The molecule has 0 saturated heterocycles. The van der Waals surface area contributed by atoms with Crippen molar-refractivity contribution in [2.45, 2.75) is 39.3 Å². The molecule has 0 spiro atoms. The highest BCUT2D eigenvalue weighted by Gasteiger charge is 2.48. The molecule has 1 amide bonds. The van der Waals surface area contributed by atoms with Crippen molar-refractivity contribution in [1.82, 2.24) is 0 Å². The van der Waals surface area contributed by atoms with E-state index < -0.39 is 5.91 Å². The predicted molar refractivity (Wildman–Crippen MR) is 80.6 cm³/mol. The Balaban J connectivity index is 2.09. The van der Waals surface area contributed by atoms with Crippen LogP contribution < -0.4 is 16.8 Å². The van der Waals surface area contributed by atoms with E-state index in [4.69, 9.17) is 16.2 Å². The largest absolute Gasteiger partial charge is 0.398 e. The van der Waals surface area contributed by atoms with Gasteiger partial charge in [-0.1, -0.05) is 13.8 Å².